The van der Waals surface area contributed by atoms with Gasteiger partial charge in [-0.15, -0.1) is 0 Å². The monoisotopic (exact) mass is 233 g/mol. The molecule has 2 aliphatic rings. The molecular formula is C14H19NS. The van der Waals surface area contributed by atoms with Crippen LogP contribution in [0.25, 0.3) is 0 Å². The molecule has 1 saturated heterocycles. The van der Waals surface area contributed by atoms with E-state index in [-0.39, 0.29) is 0 Å². The van der Waals surface area contributed by atoms with Gasteiger partial charge >= 0.3 is 0 Å². The Morgan fingerprint density at radius 2 is 2.06 bits per heavy atom. The van der Waals surface area contributed by atoms with E-state index in [0.29, 0.717) is 0 Å². The average molecular weight is 233 g/mol. The molecule has 3 rings (SSSR count). The van der Waals surface area contributed by atoms with E-state index >= 15 is 0 Å². The largest absolute Gasteiger partial charge is 0.309 e. The number of hydrogen-bond donors (Lipinski definition) is 1. The summed E-state index contributed by atoms with van der Waals surface area (Å²) in [6, 6.07) is 9.72. The fourth-order valence-electron chi connectivity index (χ4n) is 2.44. The first-order valence-corrected chi connectivity index (χ1v) is 7.48. The molecule has 0 aromatic heterocycles. The predicted molar refractivity (Wildman–Crippen MR) is 71.0 cm³/mol. The van der Waals surface area contributed by atoms with Crippen LogP contribution in [0.3, 0.4) is 0 Å². The third kappa shape index (κ3) is 2.44. The number of nitrogens with one attached hydrogen (secondary N) is 1. The molecule has 2 heteroatoms. The molecule has 2 fully saturated rings. The second kappa shape index (κ2) is 4.80. The van der Waals surface area contributed by atoms with Crippen LogP contribution in [0.2, 0.25) is 0 Å². The first-order valence-electron chi connectivity index (χ1n) is 6.32. The topological polar surface area (TPSA) is 12.0 Å². The Labute approximate surface area is 102 Å². The van der Waals surface area contributed by atoms with Crippen LogP contribution in [-0.2, 0) is 6.54 Å². The van der Waals surface area contributed by atoms with Crippen molar-refractivity contribution in [2.45, 2.75) is 37.8 Å². The van der Waals surface area contributed by atoms with E-state index in [9.17, 15) is 0 Å². The van der Waals surface area contributed by atoms with Gasteiger partial charge in [0.15, 0.2) is 0 Å². The van der Waals surface area contributed by atoms with Gasteiger partial charge in [-0.3, -0.25) is 0 Å². The lowest BCUT2D eigenvalue weighted by Crippen LogP contribution is -2.28. The molecule has 1 aromatic carbocycles. The van der Waals surface area contributed by atoms with Crippen molar-refractivity contribution in [3.63, 3.8) is 0 Å². The minimum Gasteiger partial charge on any atom is -0.309 e. The molecule has 1 aliphatic carbocycles. The maximum Gasteiger partial charge on any atom is 0.0211 e. The lowest BCUT2D eigenvalue weighted by molar-refractivity contribution is 0.556. The zero-order chi connectivity index (χ0) is 10.8. The Kier molecular flexibility index (Phi) is 3.20. The Morgan fingerprint density at radius 3 is 2.81 bits per heavy atom. The van der Waals surface area contributed by atoms with E-state index in [1.165, 1.54) is 36.3 Å². The van der Waals surface area contributed by atoms with Gasteiger partial charge in [0.2, 0.25) is 0 Å². The fourth-order valence-corrected chi connectivity index (χ4v) is 3.62. The molecule has 86 valence electrons. The Morgan fingerprint density at radius 1 is 1.19 bits per heavy atom. The van der Waals surface area contributed by atoms with Crippen molar-refractivity contribution < 1.29 is 0 Å². The standard InChI is InChI=1S/C14H19NS/c1-2-4-14(11-5-6-11)12(3-1)9-15-13-7-8-16-10-13/h1-4,11,13,15H,5-10H2. The van der Waals surface area contributed by atoms with Crippen LogP contribution in [0.5, 0.6) is 0 Å². The Hall–Kier alpha value is -0.470. The van der Waals surface area contributed by atoms with Gasteiger partial charge < -0.3 is 5.32 Å². The van der Waals surface area contributed by atoms with Gasteiger partial charge in [-0.05, 0) is 42.1 Å². The summed E-state index contributed by atoms with van der Waals surface area (Å²) in [5, 5.41) is 3.70. The normalized spacial score (nSPS) is 24.9. The van der Waals surface area contributed by atoms with Crippen molar-refractivity contribution in [2.24, 2.45) is 0 Å². The summed E-state index contributed by atoms with van der Waals surface area (Å²) in [5.41, 5.74) is 3.13. The molecule has 1 unspecified atom stereocenters. The van der Waals surface area contributed by atoms with Gasteiger partial charge in [0.25, 0.3) is 0 Å². The van der Waals surface area contributed by atoms with Crippen LogP contribution in [0.1, 0.15) is 36.3 Å². The summed E-state index contributed by atoms with van der Waals surface area (Å²) in [6.07, 6.45) is 4.14. The highest BCUT2D eigenvalue weighted by atomic mass is 32.2. The predicted octanol–water partition coefficient (Wildman–Crippen LogP) is 3.16. The number of hydrogen-bond acceptors (Lipinski definition) is 2. The zero-order valence-electron chi connectivity index (χ0n) is 9.61. The van der Waals surface area contributed by atoms with Gasteiger partial charge in [-0.25, -0.2) is 0 Å². The van der Waals surface area contributed by atoms with Crippen molar-refractivity contribution in [3.8, 4) is 0 Å². The van der Waals surface area contributed by atoms with Crippen LogP contribution in [0.4, 0.5) is 0 Å². The number of benzene rings is 1. The quantitative estimate of drug-likeness (QED) is 0.857. The number of thioether (sulfide) groups is 1. The summed E-state index contributed by atoms with van der Waals surface area (Å²) >= 11 is 2.08. The van der Waals surface area contributed by atoms with Gasteiger partial charge in [-0.2, -0.15) is 11.8 Å². The first kappa shape index (κ1) is 10.7. The van der Waals surface area contributed by atoms with Gasteiger partial charge in [0.1, 0.15) is 0 Å². The average Bonchev–Trinajstić information content (AvgIpc) is 3.04. The highest BCUT2D eigenvalue weighted by Gasteiger charge is 2.25. The van der Waals surface area contributed by atoms with Crippen LogP contribution in [0, 0.1) is 0 Å². The van der Waals surface area contributed by atoms with Crippen LogP contribution < -0.4 is 5.32 Å². The van der Waals surface area contributed by atoms with Crippen LogP contribution >= 0.6 is 11.8 Å². The minimum atomic E-state index is 0.747. The fraction of sp³-hybridized carbons (Fsp3) is 0.571. The maximum absolute atomic E-state index is 3.70. The summed E-state index contributed by atoms with van der Waals surface area (Å²) in [7, 11) is 0. The van der Waals surface area contributed by atoms with Gasteiger partial charge in [-0.1, -0.05) is 24.3 Å². The molecule has 1 nitrogen and oxygen atoms in total. The zero-order valence-corrected chi connectivity index (χ0v) is 10.4. The third-order valence-corrected chi connectivity index (χ3v) is 4.75. The van der Waals surface area contributed by atoms with E-state index in [1.807, 2.05) is 0 Å². The van der Waals surface area contributed by atoms with E-state index in [2.05, 4.69) is 41.3 Å². The maximum atomic E-state index is 3.70. The summed E-state index contributed by atoms with van der Waals surface area (Å²) in [5.74, 6) is 3.50. The minimum absolute atomic E-state index is 0.747. The first-order chi connectivity index (χ1) is 7.93. The molecule has 16 heavy (non-hydrogen) atoms. The molecule has 1 saturated carbocycles. The molecule has 1 N–H and O–H groups in total. The molecule has 0 bridgehead atoms. The van der Waals surface area contributed by atoms with Crippen LogP contribution in [-0.4, -0.2) is 17.5 Å². The molecule has 1 aliphatic heterocycles. The van der Waals surface area contributed by atoms with E-state index in [4.69, 9.17) is 0 Å². The molecule has 0 spiro atoms. The lowest BCUT2D eigenvalue weighted by Gasteiger charge is -2.13. The van der Waals surface area contributed by atoms with Crippen molar-refractivity contribution in [1.82, 2.24) is 5.32 Å². The van der Waals surface area contributed by atoms with Crippen molar-refractivity contribution in [1.29, 1.82) is 0 Å². The van der Waals surface area contributed by atoms with Crippen molar-refractivity contribution in [3.05, 3.63) is 35.4 Å². The Bertz CT molecular complexity index is 354. The molecule has 1 heterocycles. The second-order valence-corrected chi connectivity index (χ2v) is 6.06. The molecule has 1 aromatic rings. The van der Waals surface area contributed by atoms with E-state index in [1.54, 1.807) is 5.56 Å². The molecule has 0 radical (unpaired) electrons. The van der Waals surface area contributed by atoms with Crippen LogP contribution in [0.15, 0.2) is 24.3 Å². The number of rotatable bonds is 4. The lowest BCUT2D eigenvalue weighted by atomic mass is 10.0. The second-order valence-electron chi connectivity index (χ2n) is 4.91. The Balaban J connectivity index is 1.64. The molecule has 0 amide bonds. The summed E-state index contributed by atoms with van der Waals surface area (Å²) < 4.78 is 0. The molecular weight excluding hydrogens is 214 g/mol. The highest BCUT2D eigenvalue weighted by molar-refractivity contribution is 7.99. The van der Waals surface area contributed by atoms with E-state index < -0.39 is 0 Å². The summed E-state index contributed by atoms with van der Waals surface area (Å²) in [6.45, 7) is 1.07. The smallest absolute Gasteiger partial charge is 0.0211 e. The van der Waals surface area contributed by atoms with Crippen molar-refractivity contribution >= 4 is 11.8 Å². The van der Waals surface area contributed by atoms with Crippen molar-refractivity contribution in [2.75, 3.05) is 11.5 Å². The van der Waals surface area contributed by atoms with Gasteiger partial charge in [0.05, 0.1) is 0 Å². The molecule has 1 atom stereocenters. The SMILES string of the molecule is c1ccc(C2CC2)c(CNC2CCSC2)c1. The van der Waals surface area contributed by atoms with E-state index in [0.717, 1.165) is 18.5 Å². The highest BCUT2D eigenvalue weighted by Crippen LogP contribution is 2.41. The third-order valence-electron chi connectivity index (χ3n) is 3.58. The van der Waals surface area contributed by atoms with Gasteiger partial charge in [0, 0.05) is 18.3 Å². The summed E-state index contributed by atoms with van der Waals surface area (Å²) in [4.78, 5) is 0.